The number of hydrogen-bond acceptors (Lipinski definition) is 2. The van der Waals surface area contributed by atoms with Gasteiger partial charge >= 0.3 is 5.97 Å². The minimum atomic E-state index is -1.18. The average Bonchev–Trinajstić information content (AvgIpc) is 2.21. The number of carboxylic acid groups (broad SMARTS) is 1. The van der Waals surface area contributed by atoms with Crippen LogP contribution in [-0.2, 0) is 11.2 Å². The molecule has 1 N–H and O–H groups in total. The molecular formula is C12H11F2NO2. The average molecular weight is 239 g/mol. The molecule has 0 bridgehead atoms. The second-order valence-electron chi connectivity index (χ2n) is 4.40. The highest BCUT2D eigenvalue weighted by Crippen LogP contribution is 2.25. The first-order valence-corrected chi connectivity index (χ1v) is 4.89. The van der Waals surface area contributed by atoms with Crippen molar-refractivity contribution in [3.05, 3.63) is 34.9 Å². The molecule has 3 nitrogen and oxygen atoms in total. The van der Waals surface area contributed by atoms with E-state index in [1.165, 1.54) is 13.8 Å². The highest BCUT2D eigenvalue weighted by Gasteiger charge is 2.29. The summed E-state index contributed by atoms with van der Waals surface area (Å²) in [6.45, 7) is 2.87. The first-order chi connectivity index (χ1) is 7.77. The number of carboxylic acids is 1. The van der Waals surface area contributed by atoms with Gasteiger partial charge in [-0.2, -0.15) is 5.26 Å². The lowest BCUT2D eigenvalue weighted by Crippen LogP contribution is -2.26. The summed E-state index contributed by atoms with van der Waals surface area (Å²) < 4.78 is 26.5. The summed E-state index contributed by atoms with van der Waals surface area (Å²) in [7, 11) is 0. The normalized spacial score (nSPS) is 11.0. The minimum Gasteiger partial charge on any atom is -0.481 e. The molecule has 0 aliphatic rings. The van der Waals surface area contributed by atoms with Crippen molar-refractivity contribution in [2.24, 2.45) is 5.41 Å². The van der Waals surface area contributed by atoms with E-state index in [1.54, 1.807) is 6.07 Å². The first-order valence-electron chi connectivity index (χ1n) is 4.89. The van der Waals surface area contributed by atoms with E-state index in [0.29, 0.717) is 6.07 Å². The number of nitriles is 1. The molecule has 1 rings (SSSR count). The monoisotopic (exact) mass is 239 g/mol. The molecule has 0 saturated heterocycles. The predicted molar refractivity (Wildman–Crippen MR) is 56.2 cm³/mol. The van der Waals surface area contributed by atoms with Crippen LogP contribution < -0.4 is 0 Å². The van der Waals surface area contributed by atoms with Gasteiger partial charge in [0.2, 0.25) is 0 Å². The van der Waals surface area contributed by atoms with Crippen molar-refractivity contribution in [3.63, 3.8) is 0 Å². The fourth-order valence-corrected chi connectivity index (χ4v) is 1.37. The van der Waals surface area contributed by atoms with Gasteiger partial charge < -0.3 is 5.11 Å². The maximum absolute atomic E-state index is 13.4. The summed E-state index contributed by atoms with van der Waals surface area (Å²) in [6, 6.07) is 3.24. The molecule has 0 heterocycles. The lowest BCUT2D eigenvalue weighted by atomic mass is 9.85. The Morgan fingerprint density at radius 2 is 2.00 bits per heavy atom. The van der Waals surface area contributed by atoms with Crippen molar-refractivity contribution in [3.8, 4) is 6.07 Å². The summed E-state index contributed by atoms with van der Waals surface area (Å²) in [6.07, 6.45) is -0.108. The van der Waals surface area contributed by atoms with Gasteiger partial charge in [-0.25, -0.2) is 8.78 Å². The molecule has 17 heavy (non-hydrogen) atoms. The van der Waals surface area contributed by atoms with Gasteiger partial charge in [0.15, 0.2) is 0 Å². The Bertz CT molecular complexity index is 504. The van der Waals surface area contributed by atoms with Crippen LogP contribution in [0.4, 0.5) is 8.78 Å². The molecule has 0 aliphatic heterocycles. The topological polar surface area (TPSA) is 61.1 Å². The van der Waals surface area contributed by atoms with Gasteiger partial charge in [0, 0.05) is 6.07 Å². The lowest BCUT2D eigenvalue weighted by molar-refractivity contribution is -0.146. The quantitative estimate of drug-likeness (QED) is 0.881. The number of hydrogen-bond donors (Lipinski definition) is 1. The Morgan fingerprint density at radius 3 is 2.47 bits per heavy atom. The summed E-state index contributed by atoms with van der Waals surface area (Å²) >= 11 is 0. The highest BCUT2D eigenvalue weighted by molar-refractivity contribution is 5.74. The van der Waals surface area contributed by atoms with Gasteiger partial charge in [-0.05, 0) is 31.9 Å². The third kappa shape index (κ3) is 2.78. The summed E-state index contributed by atoms with van der Waals surface area (Å²) in [5, 5.41) is 17.5. The van der Waals surface area contributed by atoms with Crippen LogP contribution in [0.5, 0.6) is 0 Å². The molecule has 0 aromatic heterocycles. The van der Waals surface area contributed by atoms with Gasteiger partial charge in [0.25, 0.3) is 0 Å². The zero-order valence-corrected chi connectivity index (χ0v) is 9.42. The fourth-order valence-electron chi connectivity index (χ4n) is 1.37. The fraction of sp³-hybridized carbons (Fsp3) is 0.333. The van der Waals surface area contributed by atoms with E-state index in [9.17, 15) is 13.6 Å². The number of nitrogens with zero attached hydrogens (tertiary/aromatic N) is 1. The van der Waals surface area contributed by atoms with Crippen LogP contribution in [0, 0.1) is 28.4 Å². The van der Waals surface area contributed by atoms with Gasteiger partial charge in [-0.15, -0.1) is 0 Å². The molecule has 0 fully saturated rings. The number of rotatable bonds is 3. The smallest absolute Gasteiger partial charge is 0.309 e. The number of benzene rings is 1. The summed E-state index contributed by atoms with van der Waals surface area (Å²) in [5.74, 6) is -2.86. The van der Waals surface area contributed by atoms with Gasteiger partial charge in [-0.1, -0.05) is 0 Å². The van der Waals surface area contributed by atoms with Crippen molar-refractivity contribution in [1.82, 2.24) is 0 Å². The van der Waals surface area contributed by atoms with Gasteiger partial charge in [0.1, 0.15) is 17.7 Å². The van der Waals surface area contributed by atoms with Crippen molar-refractivity contribution >= 4 is 5.97 Å². The Hall–Kier alpha value is -1.96. The van der Waals surface area contributed by atoms with Gasteiger partial charge in [0.05, 0.1) is 11.0 Å². The van der Waals surface area contributed by atoms with E-state index >= 15 is 0 Å². The zero-order valence-electron chi connectivity index (χ0n) is 9.42. The summed E-state index contributed by atoms with van der Waals surface area (Å²) in [5.41, 5.74) is -1.44. The number of halogens is 2. The van der Waals surface area contributed by atoms with Crippen molar-refractivity contribution in [1.29, 1.82) is 5.26 Å². The molecule has 0 atom stereocenters. The summed E-state index contributed by atoms with van der Waals surface area (Å²) in [4.78, 5) is 10.9. The van der Waals surface area contributed by atoms with Crippen LogP contribution in [0.1, 0.15) is 25.0 Å². The van der Waals surface area contributed by atoms with Gasteiger partial charge in [-0.3, -0.25) is 4.79 Å². The molecule has 1 aromatic carbocycles. The Kier molecular flexibility index (Phi) is 3.47. The third-order valence-corrected chi connectivity index (χ3v) is 2.47. The molecule has 1 aromatic rings. The van der Waals surface area contributed by atoms with E-state index in [0.717, 1.165) is 6.07 Å². The SMILES string of the molecule is CC(C)(Cc1cc(C#N)c(F)cc1F)C(=O)O. The van der Waals surface area contributed by atoms with E-state index < -0.39 is 23.0 Å². The Balaban J connectivity index is 3.17. The molecule has 0 spiro atoms. The molecule has 0 aliphatic carbocycles. The largest absolute Gasteiger partial charge is 0.481 e. The molecule has 90 valence electrons. The number of carbonyl (C=O) groups is 1. The highest BCUT2D eigenvalue weighted by atomic mass is 19.1. The second-order valence-corrected chi connectivity index (χ2v) is 4.40. The van der Waals surface area contributed by atoms with E-state index in [4.69, 9.17) is 10.4 Å². The molecule has 5 heteroatoms. The van der Waals surface area contributed by atoms with Crippen molar-refractivity contribution in [2.75, 3.05) is 0 Å². The van der Waals surface area contributed by atoms with Crippen LogP contribution >= 0.6 is 0 Å². The number of aliphatic carboxylic acids is 1. The molecule has 0 radical (unpaired) electrons. The van der Waals surface area contributed by atoms with Crippen molar-refractivity contribution < 1.29 is 18.7 Å². The van der Waals surface area contributed by atoms with E-state index in [1.807, 2.05) is 0 Å². The van der Waals surface area contributed by atoms with Crippen LogP contribution in [0.25, 0.3) is 0 Å². The maximum Gasteiger partial charge on any atom is 0.309 e. The molecular weight excluding hydrogens is 228 g/mol. The van der Waals surface area contributed by atoms with Crippen LogP contribution in [0.2, 0.25) is 0 Å². The zero-order chi connectivity index (χ0) is 13.2. The van der Waals surface area contributed by atoms with Crippen LogP contribution in [0.15, 0.2) is 12.1 Å². The van der Waals surface area contributed by atoms with Crippen molar-refractivity contribution in [2.45, 2.75) is 20.3 Å². The first kappa shape index (κ1) is 13.1. The Morgan fingerprint density at radius 1 is 1.41 bits per heavy atom. The van der Waals surface area contributed by atoms with Crippen LogP contribution in [0.3, 0.4) is 0 Å². The predicted octanol–water partition coefficient (Wildman–Crippen LogP) is 2.49. The molecule has 0 unspecified atom stereocenters. The molecule has 0 amide bonds. The lowest BCUT2D eigenvalue weighted by Gasteiger charge is -2.19. The third-order valence-electron chi connectivity index (χ3n) is 2.47. The Labute approximate surface area is 97.3 Å². The van der Waals surface area contributed by atoms with E-state index in [2.05, 4.69) is 0 Å². The molecule has 0 saturated carbocycles. The maximum atomic E-state index is 13.4. The minimum absolute atomic E-state index is 0.0235. The second kappa shape index (κ2) is 4.50. The standard InChI is InChI=1S/C12H11F2NO2/c1-12(2,11(16)17)5-7-3-8(6-15)10(14)4-9(7)13/h3-4H,5H2,1-2H3,(H,16,17). The van der Waals surface area contributed by atoms with E-state index in [-0.39, 0.29) is 17.5 Å². The van der Waals surface area contributed by atoms with Crippen LogP contribution in [-0.4, -0.2) is 11.1 Å².